The van der Waals surface area contributed by atoms with Gasteiger partial charge in [0.1, 0.15) is 0 Å². The zero-order chi connectivity index (χ0) is 19.7. The first-order chi connectivity index (χ1) is 13.5. The summed E-state index contributed by atoms with van der Waals surface area (Å²) in [6.45, 7) is 2.10. The van der Waals surface area contributed by atoms with Crippen molar-refractivity contribution in [1.29, 1.82) is 0 Å². The SMILES string of the molecule is CCc1ccc(N[C@@H]2NC(=O)/C(=C\c3cc4c(cc3[N+](=O)[O-])OCO4)S2)cc1. The van der Waals surface area contributed by atoms with E-state index in [2.05, 4.69) is 17.6 Å². The average molecular weight is 399 g/mol. The molecule has 0 unspecified atom stereocenters. The zero-order valence-corrected chi connectivity index (χ0v) is 15.7. The van der Waals surface area contributed by atoms with Crippen LogP contribution in [0.2, 0.25) is 0 Å². The number of anilines is 1. The topological polar surface area (TPSA) is 103 Å². The summed E-state index contributed by atoms with van der Waals surface area (Å²) >= 11 is 1.27. The summed E-state index contributed by atoms with van der Waals surface area (Å²) in [5.41, 5.74) is 1.89. The smallest absolute Gasteiger partial charge is 0.280 e. The van der Waals surface area contributed by atoms with Crippen LogP contribution < -0.4 is 20.1 Å². The van der Waals surface area contributed by atoms with E-state index in [0.717, 1.165) is 12.1 Å². The molecule has 0 spiro atoms. The fourth-order valence-electron chi connectivity index (χ4n) is 2.92. The second kappa shape index (κ2) is 7.43. The number of hydrogen-bond acceptors (Lipinski definition) is 7. The lowest BCUT2D eigenvalue weighted by Gasteiger charge is -2.12. The number of rotatable bonds is 5. The first kappa shape index (κ1) is 18.2. The summed E-state index contributed by atoms with van der Waals surface area (Å²) in [5.74, 6) is 0.457. The monoisotopic (exact) mass is 399 g/mol. The molecule has 4 rings (SSSR count). The average Bonchev–Trinajstić information content (AvgIpc) is 3.27. The summed E-state index contributed by atoms with van der Waals surface area (Å²) in [4.78, 5) is 23.6. The van der Waals surface area contributed by atoms with Crippen molar-refractivity contribution in [1.82, 2.24) is 5.32 Å². The van der Waals surface area contributed by atoms with Crippen molar-refractivity contribution in [3.8, 4) is 11.5 Å². The summed E-state index contributed by atoms with van der Waals surface area (Å²) in [6, 6.07) is 10.8. The van der Waals surface area contributed by atoms with Crippen LogP contribution in [0.5, 0.6) is 11.5 Å². The highest BCUT2D eigenvalue weighted by molar-refractivity contribution is 8.05. The van der Waals surface area contributed by atoms with Crippen LogP contribution in [0, 0.1) is 10.1 Å². The third-order valence-electron chi connectivity index (χ3n) is 4.40. The largest absolute Gasteiger partial charge is 0.454 e. The maximum absolute atomic E-state index is 12.3. The number of nitro groups is 1. The van der Waals surface area contributed by atoms with Gasteiger partial charge in [-0.15, -0.1) is 0 Å². The van der Waals surface area contributed by atoms with E-state index >= 15 is 0 Å². The Bertz CT molecular complexity index is 974. The Balaban J connectivity index is 1.55. The van der Waals surface area contributed by atoms with Crippen LogP contribution in [-0.2, 0) is 11.2 Å². The lowest BCUT2D eigenvalue weighted by molar-refractivity contribution is -0.385. The van der Waals surface area contributed by atoms with E-state index < -0.39 is 4.92 Å². The summed E-state index contributed by atoms with van der Waals surface area (Å²) in [7, 11) is 0. The molecule has 1 amide bonds. The summed E-state index contributed by atoms with van der Waals surface area (Å²) in [6.07, 6.45) is 2.46. The van der Waals surface area contributed by atoms with Crippen molar-refractivity contribution in [3.05, 3.63) is 62.5 Å². The predicted molar refractivity (Wildman–Crippen MR) is 106 cm³/mol. The number of nitro benzene ring substituents is 1. The molecule has 9 heteroatoms. The lowest BCUT2D eigenvalue weighted by Crippen LogP contribution is -2.30. The third-order valence-corrected chi connectivity index (χ3v) is 5.42. The molecule has 0 radical (unpaired) electrons. The number of benzene rings is 2. The van der Waals surface area contributed by atoms with Gasteiger partial charge in [0.15, 0.2) is 17.0 Å². The van der Waals surface area contributed by atoms with Crippen LogP contribution in [0.4, 0.5) is 11.4 Å². The fourth-order valence-corrected chi connectivity index (χ4v) is 3.89. The first-order valence-corrected chi connectivity index (χ1v) is 9.54. The molecular weight excluding hydrogens is 382 g/mol. The van der Waals surface area contributed by atoms with Gasteiger partial charge in [-0.05, 0) is 36.3 Å². The lowest BCUT2D eigenvalue weighted by atomic mass is 10.1. The van der Waals surface area contributed by atoms with Gasteiger partial charge in [-0.25, -0.2) is 0 Å². The Morgan fingerprint density at radius 3 is 2.68 bits per heavy atom. The van der Waals surface area contributed by atoms with E-state index in [1.807, 2.05) is 24.3 Å². The van der Waals surface area contributed by atoms with E-state index in [1.165, 1.54) is 35.5 Å². The van der Waals surface area contributed by atoms with Crippen LogP contribution in [0.3, 0.4) is 0 Å². The molecule has 28 heavy (non-hydrogen) atoms. The van der Waals surface area contributed by atoms with E-state index in [1.54, 1.807) is 0 Å². The van der Waals surface area contributed by atoms with Gasteiger partial charge >= 0.3 is 0 Å². The van der Waals surface area contributed by atoms with Gasteiger partial charge in [-0.3, -0.25) is 14.9 Å². The van der Waals surface area contributed by atoms with Crippen LogP contribution >= 0.6 is 11.8 Å². The Morgan fingerprint density at radius 2 is 2.00 bits per heavy atom. The Morgan fingerprint density at radius 1 is 1.29 bits per heavy atom. The fraction of sp³-hybridized carbons (Fsp3) is 0.211. The number of fused-ring (bicyclic) bond motifs is 1. The molecule has 2 aromatic rings. The van der Waals surface area contributed by atoms with Crippen molar-refractivity contribution >= 4 is 35.1 Å². The van der Waals surface area contributed by atoms with Crippen molar-refractivity contribution in [2.45, 2.75) is 18.8 Å². The zero-order valence-electron chi connectivity index (χ0n) is 14.9. The maximum Gasteiger partial charge on any atom is 0.280 e. The number of hydrogen-bond donors (Lipinski definition) is 2. The molecule has 2 aliphatic heterocycles. The highest BCUT2D eigenvalue weighted by Crippen LogP contribution is 2.40. The second-order valence-corrected chi connectivity index (χ2v) is 7.34. The number of nitrogens with one attached hydrogen (secondary N) is 2. The van der Waals surface area contributed by atoms with Crippen molar-refractivity contribution < 1.29 is 19.2 Å². The van der Waals surface area contributed by atoms with Crippen LogP contribution in [0.1, 0.15) is 18.1 Å². The van der Waals surface area contributed by atoms with Crippen LogP contribution in [0.25, 0.3) is 6.08 Å². The van der Waals surface area contributed by atoms with Gasteiger partial charge in [-0.2, -0.15) is 0 Å². The van der Waals surface area contributed by atoms with E-state index in [9.17, 15) is 14.9 Å². The number of thioether (sulfide) groups is 1. The van der Waals surface area contributed by atoms with Crippen molar-refractivity contribution in [2.75, 3.05) is 12.1 Å². The molecule has 2 N–H and O–H groups in total. The third kappa shape index (κ3) is 3.61. The minimum Gasteiger partial charge on any atom is -0.454 e. The highest BCUT2D eigenvalue weighted by Gasteiger charge is 2.29. The molecule has 0 bridgehead atoms. The highest BCUT2D eigenvalue weighted by atomic mass is 32.2. The van der Waals surface area contributed by atoms with Gasteiger partial charge in [0.25, 0.3) is 11.6 Å². The van der Waals surface area contributed by atoms with Crippen molar-refractivity contribution in [3.63, 3.8) is 0 Å². The minimum atomic E-state index is -0.503. The molecule has 8 nitrogen and oxygen atoms in total. The quantitative estimate of drug-likeness (QED) is 0.451. The van der Waals surface area contributed by atoms with E-state index in [-0.39, 0.29) is 23.9 Å². The van der Waals surface area contributed by atoms with Gasteiger partial charge < -0.3 is 20.1 Å². The van der Waals surface area contributed by atoms with Gasteiger partial charge in [-0.1, -0.05) is 30.8 Å². The number of aryl methyl sites for hydroxylation is 1. The standard InChI is InChI=1S/C19H17N3O5S/c1-2-11-3-5-13(6-4-11)20-19-21-18(23)17(28-19)8-12-7-15-16(27-10-26-15)9-14(12)22(24)25/h3-9,19-20H,2,10H2,1H3,(H,21,23)/b17-8+/t19-/m1/s1. The number of nitrogens with zero attached hydrogens (tertiary/aromatic N) is 1. The van der Waals surface area contributed by atoms with Crippen molar-refractivity contribution in [2.24, 2.45) is 0 Å². The molecule has 0 aromatic heterocycles. The number of carbonyl (C=O) groups is 1. The van der Waals surface area contributed by atoms with Crippen LogP contribution in [-0.4, -0.2) is 23.1 Å². The van der Waals surface area contributed by atoms with Gasteiger partial charge in [0.2, 0.25) is 6.79 Å². The maximum atomic E-state index is 12.3. The van der Waals surface area contributed by atoms with E-state index in [4.69, 9.17) is 9.47 Å². The molecule has 1 atom stereocenters. The molecular formula is C19H17N3O5S. The number of carbonyl (C=O) groups excluding carboxylic acids is 1. The summed E-state index contributed by atoms with van der Waals surface area (Å²) < 4.78 is 10.5. The molecule has 2 heterocycles. The predicted octanol–water partition coefficient (Wildman–Crippen LogP) is 3.49. The Kier molecular flexibility index (Phi) is 4.82. The molecule has 0 saturated carbocycles. The Hall–Kier alpha value is -3.20. The molecule has 1 fully saturated rings. The van der Waals surface area contributed by atoms with E-state index in [0.29, 0.717) is 22.0 Å². The van der Waals surface area contributed by atoms with Gasteiger partial charge in [0, 0.05) is 5.69 Å². The molecule has 144 valence electrons. The molecule has 1 saturated heterocycles. The molecule has 0 aliphatic carbocycles. The minimum absolute atomic E-state index is 0.0184. The normalized spacial score (nSPS) is 19.0. The number of ether oxygens (including phenoxy) is 2. The number of amides is 1. The molecule has 2 aliphatic rings. The summed E-state index contributed by atoms with van der Waals surface area (Å²) in [5, 5.41) is 17.4. The van der Waals surface area contributed by atoms with Gasteiger partial charge in [0.05, 0.1) is 21.5 Å². The first-order valence-electron chi connectivity index (χ1n) is 8.66. The Labute approximate surface area is 165 Å². The molecule has 2 aromatic carbocycles. The van der Waals surface area contributed by atoms with Crippen LogP contribution in [0.15, 0.2) is 41.3 Å². The second-order valence-electron chi connectivity index (χ2n) is 6.20.